The molecule has 2 aromatic rings. The summed E-state index contributed by atoms with van der Waals surface area (Å²) < 4.78 is 0. The Morgan fingerprint density at radius 3 is 2.63 bits per heavy atom. The molecule has 0 fully saturated rings. The van der Waals surface area contributed by atoms with E-state index in [0.717, 1.165) is 17.1 Å². The van der Waals surface area contributed by atoms with Gasteiger partial charge in [0.15, 0.2) is 0 Å². The Labute approximate surface area is 119 Å². The molecule has 102 valence electrons. The van der Waals surface area contributed by atoms with Gasteiger partial charge in [0.05, 0.1) is 10.7 Å². The predicted molar refractivity (Wildman–Crippen MR) is 83.7 cm³/mol. The molecule has 0 aliphatic heterocycles. The van der Waals surface area contributed by atoms with Crippen LogP contribution in [0.1, 0.15) is 36.9 Å². The molecule has 1 aromatic carbocycles. The molecule has 2 N–H and O–H groups in total. The number of benzene rings is 1. The van der Waals surface area contributed by atoms with Gasteiger partial charge >= 0.3 is 0 Å². The zero-order valence-corrected chi connectivity index (χ0v) is 13.0. The van der Waals surface area contributed by atoms with Crippen LogP contribution in [0.2, 0.25) is 0 Å². The van der Waals surface area contributed by atoms with E-state index in [2.05, 4.69) is 51.3 Å². The van der Waals surface area contributed by atoms with Crippen LogP contribution in [-0.2, 0) is 11.8 Å². The topological polar surface area (TPSA) is 38.9 Å². The summed E-state index contributed by atoms with van der Waals surface area (Å²) in [5.41, 5.74) is 10.7. The maximum absolute atomic E-state index is 5.59. The van der Waals surface area contributed by atoms with Crippen molar-refractivity contribution in [2.75, 3.05) is 6.54 Å². The van der Waals surface area contributed by atoms with Gasteiger partial charge in [-0.3, -0.25) is 0 Å². The fourth-order valence-electron chi connectivity index (χ4n) is 2.04. The minimum Gasteiger partial charge on any atom is -0.330 e. The quantitative estimate of drug-likeness (QED) is 0.921. The van der Waals surface area contributed by atoms with Crippen molar-refractivity contribution in [3.05, 3.63) is 39.7 Å². The molecule has 0 unspecified atom stereocenters. The van der Waals surface area contributed by atoms with Gasteiger partial charge in [-0.25, -0.2) is 4.98 Å². The number of hydrogen-bond acceptors (Lipinski definition) is 3. The van der Waals surface area contributed by atoms with E-state index in [0.29, 0.717) is 6.54 Å². The first kappa shape index (κ1) is 14.2. The van der Waals surface area contributed by atoms with Crippen molar-refractivity contribution in [2.45, 2.75) is 39.5 Å². The normalized spacial score (nSPS) is 11.8. The van der Waals surface area contributed by atoms with Crippen LogP contribution in [0.4, 0.5) is 0 Å². The fraction of sp³-hybridized carbons (Fsp3) is 0.438. The molecule has 0 atom stereocenters. The molecule has 0 radical (unpaired) electrons. The molecule has 2 rings (SSSR count). The molecule has 0 amide bonds. The van der Waals surface area contributed by atoms with E-state index in [1.165, 1.54) is 16.7 Å². The van der Waals surface area contributed by atoms with E-state index in [1.807, 2.05) is 0 Å². The Hall–Kier alpha value is -1.19. The fourth-order valence-corrected chi connectivity index (χ4v) is 2.85. The zero-order valence-electron chi connectivity index (χ0n) is 12.2. The van der Waals surface area contributed by atoms with E-state index in [1.54, 1.807) is 11.3 Å². The van der Waals surface area contributed by atoms with E-state index >= 15 is 0 Å². The molecule has 0 saturated heterocycles. The lowest BCUT2D eigenvalue weighted by atomic mass is 9.85. The second kappa shape index (κ2) is 5.43. The van der Waals surface area contributed by atoms with Crippen molar-refractivity contribution in [3.8, 4) is 11.3 Å². The van der Waals surface area contributed by atoms with Crippen LogP contribution in [0.15, 0.2) is 23.6 Å². The maximum atomic E-state index is 5.59. The third-order valence-electron chi connectivity index (χ3n) is 3.29. The molecular weight excluding hydrogens is 252 g/mol. The molecule has 3 heteroatoms. The van der Waals surface area contributed by atoms with Crippen molar-refractivity contribution < 1.29 is 0 Å². The second-order valence-corrected chi connectivity index (χ2v) is 6.89. The average Bonchev–Trinajstić information content (AvgIpc) is 2.77. The Morgan fingerprint density at radius 2 is 2.00 bits per heavy atom. The van der Waals surface area contributed by atoms with Crippen molar-refractivity contribution >= 4 is 11.3 Å². The average molecular weight is 274 g/mol. The van der Waals surface area contributed by atoms with Crippen molar-refractivity contribution in [1.82, 2.24) is 4.98 Å². The first-order chi connectivity index (χ1) is 8.91. The number of hydrogen-bond donors (Lipinski definition) is 1. The molecular formula is C16H22N2S. The van der Waals surface area contributed by atoms with Crippen LogP contribution in [0.25, 0.3) is 11.3 Å². The van der Waals surface area contributed by atoms with Gasteiger partial charge < -0.3 is 5.73 Å². The van der Waals surface area contributed by atoms with Crippen LogP contribution in [0.5, 0.6) is 0 Å². The first-order valence-corrected chi connectivity index (χ1v) is 7.56. The summed E-state index contributed by atoms with van der Waals surface area (Å²) >= 11 is 1.70. The highest BCUT2D eigenvalue weighted by atomic mass is 32.1. The Balaban J connectivity index is 2.42. The zero-order chi connectivity index (χ0) is 14.0. The minimum absolute atomic E-state index is 0.165. The molecule has 2 nitrogen and oxygen atoms in total. The molecule has 0 aliphatic rings. The third-order valence-corrected chi connectivity index (χ3v) is 4.20. The van der Waals surface area contributed by atoms with E-state index in [9.17, 15) is 0 Å². The van der Waals surface area contributed by atoms with Gasteiger partial charge in [0.25, 0.3) is 0 Å². The van der Waals surface area contributed by atoms with Gasteiger partial charge in [0, 0.05) is 17.4 Å². The third kappa shape index (κ3) is 3.23. The van der Waals surface area contributed by atoms with Gasteiger partial charge in [-0.05, 0) is 36.1 Å². The number of nitrogens with two attached hydrogens (primary N) is 1. The largest absolute Gasteiger partial charge is 0.330 e. The Kier molecular flexibility index (Phi) is 4.07. The molecule has 19 heavy (non-hydrogen) atoms. The standard InChI is InChI=1S/C16H22N2S/c1-11-5-6-12(16(2,3)4)9-13(11)14-10-19-15(18-14)7-8-17/h5-6,9-10H,7-8,17H2,1-4H3. The summed E-state index contributed by atoms with van der Waals surface area (Å²) in [6, 6.07) is 6.68. The minimum atomic E-state index is 0.165. The Bertz CT molecular complexity index is 564. The highest BCUT2D eigenvalue weighted by Gasteiger charge is 2.16. The monoisotopic (exact) mass is 274 g/mol. The summed E-state index contributed by atoms with van der Waals surface area (Å²) in [4.78, 5) is 4.69. The molecule has 0 aliphatic carbocycles. The number of rotatable bonds is 3. The maximum Gasteiger partial charge on any atom is 0.0945 e. The van der Waals surface area contributed by atoms with Gasteiger partial charge in [-0.2, -0.15) is 0 Å². The SMILES string of the molecule is Cc1ccc(C(C)(C)C)cc1-c1csc(CCN)n1. The Morgan fingerprint density at radius 1 is 1.26 bits per heavy atom. The smallest absolute Gasteiger partial charge is 0.0945 e. The van der Waals surface area contributed by atoms with Crippen LogP contribution >= 0.6 is 11.3 Å². The van der Waals surface area contributed by atoms with Gasteiger partial charge in [0.2, 0.25) is 0 Å². The molecule has 0 spiro atoms. The van der Waals surface area contributed by atoms with Crippen molar-refractivity contribution in [2.24, 2.45) is 5.73 Å². The number of thiazole rings is 1. The highest BCUT2D eigenvalue weighted by molar-refractivity contribution is 7.09. The molecule has 1 heterocycles. The van der Waals surface area contributed by atoms with Crippen LogP contribution < -0.4 is 5.73 Å². The number of aryl methyl sites for hydroxylation is 1. The summed E-state index contributed by atoms with van der Waals surface area (Å²) in [5, 5.41) is 3.26. The first-order valence-electron chi connectivity index (χ1n) is 6.68. The van der Waals surface area contributed by atoms with Crippen molar-refractivity contribution in [3.63, 3.8) is 0 Å². The lowest BCUT2D eigenvalue weighted by Crippen LogP contribution is -2.11. The number of aromatic nitrogens is 1. The summed E-state index contributed by atoms with van der Waals surface area (Å²) in [6.07, 6.45) is 0.864. The van der Waals surface area contributed by atoms with Crippen LogP contribution in [0.3, 0.4) is 0 Å². The summed E-state index contributed by atoms with van der Waals surface area (Å²) in [5.74, 6) is 0. The summed E-state index contributed by atoms with van der Waals surface area (Å²) in [7, 11) is 0. The lowest BCUT2D eigenvalue weighted by Gasteiger charge is -2.20. The number of nitrogens with zero attached hydrogens (tertiary/aromatic N) is 1. The van der Waals surface area contributed by atoms with E-state index in [4.69, 9.17) is 10.7 Å². The molecule has 0 saturated carbocycles. The van der Waals surface area contributed by atoms with Gasteiger partial charge in [0.1, 0.15) is 0 Å². The van der Waals surface area contributed by atoms with E-state index < -0.39 is 0 Å². The van der Waals surface area contributed by atoms with Crippen LogP contribution in [0, 0.1) is 6.92 Å². The van der Waals surface area contributed by atoms with Gasteiger partial charge in [-0.15, -0.1) is 11.3 Å². The second-order valence-electron chi connectivity index (χ2n) is 5.94. The lowest BCUT2D eigenvalue weighted by molar-refractivity contribution is 0.590. The van der Waals surface area contributed by atoms with Crippen LogP contribution in [-0.4, -0.2) is 11.5 Å². The molecule has 0 bridgehead atoms. The highest BCUT2D eigenvalue weighted by Crippen LogP contribution is 2.30. The van der Waals surface area contributed by atoms with Gasteiger partial charge in [-0.1, -0.05) is 32.9 Å². The van der Waals surface area contributed by atoms with E-state index in [-0.39, 0.29) is 5.41 Å². The predicted octanol–water partition coefficient (Wildman–Crippen LogP) is 3.92. The van der Waals surface area contributed by atoms with Crippen molar-refractivity contribution in [1.29, 1.82) is 0 Å². The summed E-state index contributed by atoms with van der Waals surface area (Å²) in [6.45, 7) is 9.52. The molecule has 1 aromatic heterocycles.